The Hall–Kier alpha value is -2.52. The number of carbonyl (C=O) groups excluding carboxylic acids is 1. The van der Waals surface area contributed by atoms with Gasteiger partial charge in [0.05, 0.1) is 25.1 Å². The number of ether oxygens (including phenoxy) is 2. The molecule has 0 amide bonds. The van der Waals surface area contributed by atoms with Gasteiger partial charge in [0.15, 0.2) is 5.96 Å². The summed E-state index contributed by atoms with van der Waals surface area (Å²) in [4.78, 5) is 21.5. The number of hydrogen-bond acceptors (Lipinski definition) is 5. The van der Waals surface area contributed by atoms with Crippen molar-refractivity contribution in [3.63, 3.8) is 0 Å². The molecule has 0 atom stereocenters. The van der Waals surface area contributed by atoms with E-state index in [9.17, 15) is 18.0 Å². The highest BCUT2D eigenvalue weighted by Gasteiger charge is 2.30. The van der Waals surface area contributed by atoms with Crippen molar-refractivity contribution in [2.45, 2.75) is 19.0 Å². The van der Waals surface area contributed by atoms with Crippen molar-refractivity contribution < 1.29 is 27.4 Å². The minimum absolute atomic E-state index is 0.0848. The predicted molar refractivity (Wildman–Crippen MR) is 92.4 cm³/mol. The van der Waals surface area contributed by atoms with Crippen LogP contribution < -0.4 is 10.1 Å². The molecular formula is C17H23F3N4O3. The third-order valence-electron chi connectivity index (χ3n) is 4.24. The molecule has 0 aromatic carbocycles. The first-order valence-corrected chi connectivity index (χ1v) is 8.54. The Balaban J connectivity index is 1.73. The molecule has 1 saturated heterocycles. The highest BCUT2D eigenvalue weighted by Crippen LogP contribution is 2.29. The second-order valence-corrected chi connectivity index (χ2v) is 5.99. The molecule has 1 aliphatic rings. The molecule has 2 rings (SSSR count). The minimum atomic E-state index is -4.42. The van der Waals surface area contributed by atoms with Crippen molar-refractivity contribution in [2.24, 2.45) is 10.9 Å². The molecule has 150 valence electrons. The normalized spacial score (nSPS) is 16.2. The summed E-state index contributed by atoms with van der Waals surface area (Å²) in [5.41, 5.74) is -0.816. The zero-order valence-corrected chi connectivity index (χ0v) is 15.3. The second-order valence-electron chi connectivity index (χ2n) is 5.99. The minimum Gasteiger partial charge on any atom is -0.476 e. The van der Waals surface area contributed by atoms with Crippen molar-refractivity contribution in [1.82, 2.24) is 15.2 Å². The number of nitrogens with zero attached hydrogens (tertiary/aromatic N) is 3. The SMILES string of the molecule is CN=C(NCCOc1ccc(C(F)(F)F)cn1)N1CCC(C(=O)OC)CC1. The Morgan fingerprint density at radius 3 is 2.59 bits per heavy atom. The average Bonchev–Trinajstić information content (AvgIpc) is 2.67. The predicted octanol–water partition coefficient (Wildman–Crippen LogP) is 1.94. The summed E-state index contributed by atoms with van der Waals surface area (Å²) in [5.74, 6) is 0.537. The lowest BCUT2D eigenvalue weighted by Crippen LogP contribution is -2.47. The van der Waals surface area contributed by atoms with Crippen molar-refractivity contribution in [3.05, 3.63) is 23.9 Å². The van der Waals surface area contributed by atoms with Gasteiger partial charge in [-0.3, -0.25) is 9.79 Å². The van der Waals surface area contributed by atoms with Crippen molar-refractivity contribution in [3.8, 4) is 5.88 Å². The van der Waals surface area contributed by atoms with Crippen LogP contribution in [0.1, 0.15) is 18.4 Å². The number of aliphatic imine (C=N–C) groups is 1. The van der Waals surface area contributed by atoms with Gasteiger partial charge in [0, 0.05) is 32.4 Å². The molecule has 0 unspecified atom stereocenters. The van der Waals surface area contributed by atoms with Gasteiger partial charge in [-0.1, -0.05) is 0 Å². The number of aromatic nitrogens is 1. The van der Waals surface area contributed by atoms with Crippen LogP contribution in [0, 0.1) is 5.92 Å². The summed E-state index contributed by atoms with van der Waals surface area (Å²) >= 11 is 0. The van der Waals surface area contributed by atoms with Crippen molar-refractivity contribution in [1.29, 1.82) is 0 Å². The monoisotopic (exact) mass is 388 g/mol. The summed E-state index contributed by atoms with van der Waals surface area (Å²) in [7, 11) is 3.05. The molecule has 7 nitrogen and oxygen atoms in total. The van der Waals surface area contributed by atoms with Crippen molar-refractivity contribution in [2.75, 3.05) is 40.4 Å². The molecule has 0 aliphatic carbocycles. The zero-order chi connectivity index (χ0) is 19.9. The number of rotatable bonds is 5. The molecule has 1 fully saturated rings. The topological polar surface area (TPSA) is 76.1 Å². The average molecular weight is 388 g/mol. The number of hydrogen-bond donors (Lipinski definition) is 1. The highest BCUT2D eigenvalue weighted by atomic mass is 19.4. The molecule has 0 bridgehead atoms. The smallest absolute Gasteiger partial charge is 0.417 e. The fourth-order valence-corrected chi connectivity index (χ4v) is 2.78. The number of alkyl halides is 3. The van der Waals surface area contributed by atoms with Crippen LogP contribution in [0.25, 0.3) is 0 Å². The van der Waals surface area contributed by atoms with Gasteiger partial charge < -0.3 is 19.7 Å². The number of carbonyl (C=O) groups is 1. The standard InChI is InChI=1S/C17H23F3N4O3/c1-21-16(24-8-5-12(6-9-24)15(25)26-2)22-7-10-27-14-4-3-13(11-23-14)17(18,19)20/h3-4,11-12H,5-10H2,1-2H3,(H,21,22). The quantitative estimate of drug-likeness (QED) is 0.360. The van der Waals surface area contributed by atoms with E-state index in [1.54, 1.807) is 7.05 Å². The van der Waals surface area contributed by atoms with E-state index in [1.807, 2.05) is 4.90 Å². The Kier molecular flexibility index (Phi) is 7.26. The largest absolute Gasteiger partial charge is 0.476 e. The summed E-state index contributed by atoms with van der Waals surface area (Å²) < 4.78 is 47.6. The summed E-state index contributed by atoms with van der Waals surface area (Å²) in [6.07, 6.45) is -2.28. The fourth-order valence-electron chi connectivity index (χ4n) is 2.78. The Bertz CT molecular complexity index is 642. The van der Waals surface area contributed by atoms with E-state index in [1.165, 1.54) is 13.2 Å². The van der Waals surface area contributed by atoms with Crippen LogP contribution >= 0.6 is 0 Å². The first-order chi connectivity index (χ1) is 12.8. The highest BCUT2D eigenvalue weighted by molar-refractivity contribution is 5.80. The molecule has 0 saturated carbocycles. The van der Waals surface area contributed by atoms with Gasteiger partial charge in [0.2, 0.25) is 5.88 Å². The lowest BCUT2D eigenvalue weighted by Gasteiger charge is -2.33. The number of nitrogens with one attached hydrogen (secondary N) is 1. The number of guanidine groups is 1. The van der Waals surface area contributed by atoms with Gasteiger partial charge in [0.1, 0.15) is 6.61 Å². The molecule has 1 aliphatic heterocycles. The zero-order valence-electron chi connectivity index (χ0n) is 15.3. The number of esters is 1. The van der Waals surface area contributed by atoms with Gasteiger partial charge in [-0.25, -0.2) is 4.98 Å². The van der Waals surface area contributed by atoms with Gasteiger partial charge in [-0.15, -0.1) is 0 Å². The summed E-state index contributed by atoms with van der Waals surface area (Å²) in [5, 5.41) is 3.13. The molecule has 1 N–H and O–H groups in total. The van der Waals surface area contributed by atoms with Crippen LogP contribution in [0.4, 0.5) is 13.2 Å². The Morgan fingerprint density at radius 1 is 1.37 bits per heavy atom. The molecule has 1 aromatic heterocycles. The number of likely N-dealkylation sites (tertiary alicyclic amines) is 1. The van der Waals surface area contributed by atoms with E-state index in [-0.39, 0.29) is 24.4 Å². The molecule has 0 spiro atoms. The van der Waals surface area contributed by atoms with Crippen LogP contribution in [0.2, 0.25) is 0 Å². The number of piperidine rings is 1. The molecule has 2 heterocycles. The van der Waals surface area contributed by atoms with E-state index in [4.69, 9.17) is 9.47 Å². The number of pyridine rings is 1. The van der Waals surface area contributed by atoms with E-state index >= 15 is 0 Å². The number of halogens is 3. The third-order valence-corrected chi connectivity index (χ3v) is 4.24. The molecule has 10 heteroatoms. The maximum absolute atomic E-state index is 12.5. The molecule has 27 heavy (non-hydrogen) atoms. The van der Waals surface area contributed by atoms with E-state index in [0.717, 1.165) is 12.3 Å². The van der Waals surface area contributed by atoms with Crippen molar-refractivity contribution >= 4 is 11.9 Å². The maximum Gasteiger partial charge on any atom is 0.417 e. The molecular weight excluding hydrogens is 365 g/mol. The number of methoxy groups -OCH3 is 1. The first-order valence-electron chi connectivity index (χ1n) is 8.54. The van der Waals surface area contributed by atoms with E-state index in [2.05, 4.69) is 15.3 Å². The van der Waals surface area contributed by atoms with Crippen LogP contribution in [-0.4, -0.2) is 62.2 Å². The Morgan fingerprint density at radius 2 is 2.07 bits per heavy atom. The van der Waals surface area contributed by atoms with Crippen LogP contribution in [-0.2, 0) is 15.7 Å². The van der Waals surface area contributed by atoms with Gasteiger partial charge in [-0.05, 0) is 18.9 Å². The lowest BCUT2D eigenvalue weighted by molar-refractivity contribution is -0.146. The lowest BCUT2D eigenvalue weighted by atomic mass is 9.97. The fraction of sp³-hybridized carbons (Fsp3) is 0.588. The summed E-state index contributed by atoms with van der Waals surface area (Å²) in [6, 6.07) is 2.12. The van der Waals surface area contributed by atoms with Gasteiger partial charge >= 0.3 is 12.1 Å². The van der Waals surface area contributed by atoms with E-state index in [0.29, 0.717) is 38.4 Å². The molecule has 1 aromatic rings. The molecule has 0 radical (unpaired) electrons. The van der Waals surface area contributed by atoms with Crippen LogP contribution in [0.5, 0.6) is 5.88 Å². The summed E-state index contributed by atoms with van der Waals surface area (Å²) in [6.45, 7) is 1.99. The second kappa shape index (κ2) is 9.43. The van der Waals surface area contributed by atoms with Crippen LogP contribution in [0.15, 0.2) is 23.3 Å². The Labute approximate surface area is 155 Å². The maximum atomic E-state index is 12.5. The van der Waals surface area contributed by atoms with Gasteiger partial charge in [-0.2, -0.15) is 13.2 Å². The first kappa shape index (κ1) is 20.8. The van der Waals surface area contributed by atoms with E-state index < -0.39 is 11.7 Å². The van der Waals surface area contributed by atoms with Crippen LogP contribution in [0.3, 0.4) is 0 Å². The third kappa shape index (κ3) is 6.00. The van der Waals surface area contributed by atoms with Gasteiger partial charge in [0.25, 0.3) is 0 Å².